The van der Waals surface area contributed by atoms with Gasteiger partial charge in [-0.25, -0.2) is 0 Å². The topological polar surface area (TPSA) is 61.9 Å². The van der Waals surface area contributed by atoms with E-state index in [4.69, 9.17) is 28.5 Å². The van der Waals surface area contributed by atoms with Crippen LogP contribution in [0.1, 0.15) is 91.2 Å². The van der Waals surface area contributed by atoms with Gasteiger partial charge in [0.05, 0.1) is 25.9 Å². The number of epoxide rings is 1. The third-order valence-electron chi connectivity index (χ3n) is 7.94. The summed E-state index contributed by atoms with van der Waals surface area (Å²) in [7, 11) is 0. The van der Waals surface area contributed by atoms with Crippen molar-refractivity contribution in [3.05, 3.63) is 29.8 Å². The molecule has 36 heavy (non-hydrogen) atoms. The predicted octanol–water partition coefficient (Wildman–Crippen LogP) is 5.57. The molecule has 0 N–H and O–H groups in total. The molecule has 1 aliphatic carbocycles. The van der Waals surface area contributed by atoms with Gasteiger partial charge in [-0.2, -0.15) is 5.06 Å². The van der Waals surface area contributed by atoms with Crippen molar-refractivity contribution in [2.45, 2.75) is 121 Å². The van der Waals surface area contributed by atoms with Gasteiger partial charge in [0.1, 0.15) is 30.7 Å². The minimum atomic E-state index is -0.596. The van der Waals surface area contributed by atoms with Crippen LogP contribution >= 0.6 is 0 Å². The summed E-state index contributed by atoms with van der Waals surface area (Å²) in [6, 6.07) is 8.18. The molecule has 1 saturated carbocycles. The second-order valence-electron chi connectivity index (χ2n) is 12.4. The summed E-state index contributed by atoms with van der Waals surface area (Å²) in [6.07, 6.45) is 8.27. The van der Waals surface area contributed by atoms with E-state index in [0.29, 0.717) is 25.9 Å². The van der Waals surface area contributed by atoms with Crippen LogP contribution in [0, 0.1) is 0 Å². The quantitative estimate of drug-likeness (QED) is 0.408. The standard InChI is InChI=1S/C29H45NO6/c1-21(22-11-13-24(14-12-22)31-15-25-16-33-25)36-30-27(2,3)19-29(20-28(30,4)5)34-18-26(35-29)17-32-23-9-7-6-8-10-23/h11-14,21,23,25-26H,6-10,15-20H2,1-5H3. The molecule has 1 aromatic carbocycles. The Morgan fingerprint density at radius 1 is 0.917 bits per heavy atom. The number of ether oxygens (including phenoxy) is 5. The van der Waals surface area contributed by atoms with Gasteiger partial charge in [0.15, 0.2) is 5.79 Å². The molecule has 1 spiro atoms. The molecule has 0 radical (unpaired) electrons. The number of hydrogen-bond donors (Lipinski definition) is 0. The molecular formula is C29H45NO6. The number of hydrogen-bond acceptors (Lipinski definition) is 7. The molecule has 3 atom stereocenters. The molecule has 3 saturated heterocycles. The summed E-state index contributed by atoms with van der Waals surface area (Å²) >= 11 is 0. The molecule has 3 aliphatic heterocycles. The molecule has 1 aromatic rings. The van der Waals surface area contributed by atoms with E-state index < -0.39 is 5.79 Å². The van der Waals surface area contributed by atoms with Crippen molar-refractivity contribution in [1.29, 1.82) is 0 Å². The van der Waals surface area contributed by atoms with Crippen LogP contribution in [-0.2, 0) is 23.8 Å². The highest BCUT2D eigenvalue weighted by Crippen LogP contribution is 2.49. The Hall–Kier alpha value is -1.22. The largest absolute Gasteiger partial charge is 0.491 e. The zero-order valence-electron chi connectivity index (χ0n) is 22.8. The number of piperidine rings is 1. The van der Waals surface area contributed by atoms with Crippen molar-refractivity contribution in [3.63, 3.8) is 0 Å². The summed E-state index contributed by atoms with van der Waals surface area (Å²) in [4.78, 5) is 6.65. The van der Waals surface area contributed by atoms with Crippen LogP contribution < -0.4 is 4.74 Å². The monoisotopic (exact) mass is 503 g/mol. The van der Waals surface area contributed by atoms with Crippen molar-refractivity contribution in [3.8, 4) is 5.75 Å². The Morgan fingerprint density at radius 2 is 1.58 bits per heavy atom. The van der Waals surface area contributed by atoms with Crippen LogP contribution in [0.15, 0.2) is 24.3 Å². The normalized spacial score (nSPS) is 30.4. The Labute approximate surface area is 216 Å². The number of hydroxylamine groups is 2. The van der Waals surface area contributed by atoms with Crippen LogP contribution in [0.2, 0.25) is 0 Å². The first-order valence-electron chi connectivity index (χ1n) is 13.9. The second kappa shape index (κ2) is 10.5. The number of nitrogens with zero attached hydrogens (tertiary/aromatic N) is 1. The average Bonchev–Trinajstić information content (AvgIpc) is 3.60. The Balaban J connectivity index is 1.17. The maximum Gasteiger partial charge on any atom is 0.172 e. The van der Waals surface area contributed by atoms with Gasteiger partial charge in [-0.15, -0.1) is 0 Å². The van der Waals surface area contributed by atoms with Gasteiger partial charge in [-0.05, 0) is 65.2 Å². The van der Waals surface area contributed by atoms with Gasteiger partial charge >= 0.3 is 0 Å². The van der Waals surface area contributed by atoms with Gasteiger partial charge in [0.25, 0.3) is 0 Å². The SMILES string of the molecule is CC(ON1C(C)(C)CC2(CC1(C)C)OCC(COC1CCCCC1)O2)c1ccc(OCC2CO2)cc1. The fraction of sp³-hybridized carbons (Fsp3) is 0.793. The first-order valence-corrected chi connectivity index (χ1v) is 13.9. The molecule has 5 rings (SSSR count). The van der Waals surface area contributed by atoms with Gasteiger partial charge in [-0.3, -0.25) is 4.84 Å². The highest BCUT2D eigenvalue weighted by atomic mass is 16.8. The Morgan fingerprint density at radius 3 is 2.22 bits per heavy atom. The lowest BCUT2D eigenvalue weighted by atomic mass is 9.78. The highest BCUT2D eigenvalue weighted by molar-refractivity contribution is 5.28. The van der Waals surface area contributed by atoms with E-state index in [1.54, 1.807) is 0 Å². The molecule has 0 bridgehead atoms. The number of rotatable bonds is 9. The van der Waals surface area contributed by atoms with Gasteiger partial charge in [0, 0.05) is 23.9 Å². The fourth-order valence-corrected chi connectivity index (χ4v) is 6.40. The molecule has 7 heteroatoms. The van der Waals surface area contributed by atoms with Crippen LogP contribution in [-0.4, -0.2) is 66.7 Å². The van der Waals surface area contributed by atoms with Gasteiger partial charge < -0.3 is 23.7 Å². The summed E-state index contributed by atoms with van der Waals surface area (Å²) in [5, 5.41) is 2.17. The van der Waals surface area contributed by atoms with Crippen molar-refractivity contribution in [1.82, 2.24) is 5.06 Å². The summed E-state index contributed by atoms with van der Waals surface area (Å²) < 4.78 is 30.2. The minimum Gasteiger partial charge on any atom is -0.491 e. The van der Waals surface area contributed by atoms with E-state index in [9.17, 15) is 0 Å². The van der Waals surface area contributed by atoms with Crippen molar-refractivity contribution >= 4 is 0 Å². The third kappa shape index (κ3) is 6.25. The van der Waals surface area contributed by atoms with Gasteiger partial charge in [0.2, 0.25) is 0 Å². The second-order valence-corrected chi connectivity index (χ2v) is 12.4. The molecule has 4 fully saturated rings. The lowest BCUT2D eigenvalue weighted by Crippen LogP contribution is -2.65. The maximum absolute atomic E-state index is 6.65. The van der Waals surface area contributed by atoms with Crippen molar-refractivity contribution in [2.75, 3.05) is 26.4 Å². The highest BCUT2D eigenvalue weighted by Gasteiger charge is 2.58. The van der Waals surface area contributed by atoms with E-state index in [1.165, 1.54) is 32.1 Å². The first kappa shape index (κ1) is 26.4. The molecular weight excluding hydrogens is 458 g/mol. The summed E-state index contributed by atoms with van der Waals surface area (Å²) in [6.45, 7) is 13.6. The van der Waals surface area contributed by atoms with Crippen LogP contribution in [0.3, 0.4) is 0 Å². The average molecular weight is 504 g/mol. The molecule has 3 heterocycles. The Kier molecular flexibility index (Phi) is 7.70. The Bertz CT molecular complexity index is 843. The maximum atomic E-state index is 6.65. The van der Waals surface area contributed by atoms with Gasteiger partial charge in [-0.1, -0.05) is 31.4 Å². The molecule has 0 amide bonds. The molecule has 4 aliphatic rings. The van der Waals surface area contributed by atoms with Crippen LogP contribution in [0.5, 0.6) is 5.75 Å². The predicted molar refractivity (Wildman–Crippen MR) is 137 cm³/mol. The molecule has 202 valence electrons. The zero-order valence-corrected chi connectivity index (χ0v) is 22.8. The van der Waals surface area contributed by atoms with E-state index >= 15 is 0 Å². The van der Waals surface area contributed by atoms with Crippen LogP contribution in [0.4, 0.5) is 0 Å². The molecule has 7 nitrogen and oxygen atoms in total. The van der Waals surface area contributed by atoms with E-state index in [2.05, 4.69) is 51.8 Å². The van der Waals surface area contributed by atoms with Crippen molar-refractivity contribution in [2.24, 2.45) is 0 Å². The van der Waals surface area contributed by atoms with E-state index in [1.807, 2.05) is 12.1 Å². The minimum absolute atomic E-state index is 0.00266. The zero-order chi connectivity index (χ0) is 25.4. The lowest BCUT2D eigenvalue weighted by Gasteiger charge is -2.56. The number of benzene rings is 1. The smallest absolute Gasteiger partial charge is 0.172 e. The molecule has 3 unspecified atom stereocenters. The molecule has 0 aromatic heterocycles. The van der Waals surface area contributed by atoms with E-state index in [-0.39, 0.29) is 29.4 Å². The third-order valence-corrected chi connectivity index (χ3v) is 7.94. The van der Waals surface area contributed by atoms with Crippen LogP contribution in [0.25, 0.3) is 0 Å². The first-order chi connectivity index (χ1) is 17.1. The summed E-state index contributed by atoms with van der Waals surface area (Å²) in [5.74, 6) is 0.264. The van der Waals surface area contributed by atoms with Crippen molar-refractivity contribution < 1.29 is 28.5 Å². The lowest BCUT2D eigenvalue weighted by molar-refractivity contribution is -0.352. The van der Waals surface area contributed by atoms with E-state index in [0.717, 1.165) is 30.8 Å². The summed E-state index contributed by atoms with van der Waals surface area (Å²) in [5.41, 5.74) is 0.565. The fourth-order valence-electron chi connectivity index (χ4n) is 6.40.